The molecule has 0 amide bonds. The van der Waals surface area contributed by atoms with Crippen LogP contribution in [0, 0.1) is 6.92 Å². The maximum absolute atomic E-state index is 4.74. The van der Waals surface area contributed by atoms with E-state index in [4.69, 9.17) is 9.97 Å². The smallest absolute Gasteiger partial charge is 0.162 e. The Morgan fingerprint density at radius 3 is 2.33 bits per heavy atom. The summed E-state index contributed by atoms with van der Waals surface area (Å²) in [6.45, 7) is 2.08. The second-order valence-electron chi connectivity index (χ2n) is 5.29. The Hall–Kier alpha value is -1.94. The van der Waals surface area contributed by atoms with Crippen molar-refractivity contribution in [2.24, 2.45) is 0 Å². The predicted molar refractivity (Wildman–Crippen MR) is 91.7 cm³/mol. The molecule has 0 bridgehead atoms. The summed E-state index contributed by atoms with van der Waals surface area (Å²) in [5.74, 6) is 1.69. The van der Waals surface area contributed by atoms with Gasteiger partial charge >= 0.3 is 0 Å². The summed E-state index contributed by atoms with van der Waals surface area (Å²) in [5, 5.41) is 1.05. The van der Waals surface area contributed by atoms with Crippen LogP contribution in [0.25, 0.3) is 22.3 Å². The fraction of sp³-hybridized carbons (Fsp3) is 0.176. The fourth-order valence-corrected chi connectivity index (χ4v) is 2.62. The van der Waals surface area contributed by atoms with Gasteiger partial charge in [0.05, 0.1) is 5.52 Å². The number of rotatable bonds is 2. The van der Waals surface area contributed by atoms with Gasteiger partial charge in [0.25, 0.3) is 0 Å². The summed E-state index contributed by atoms with van der Waals surface area (Å²) in [5.41, 5.74) is 3.22. The minimum absolute atomic E-state index is 0.758. The molecule has 4 heteroatoms. The van der Waals surface area contributed by atoms with Crippen LogP contribution >= 0.6 is 15.9 Å². The van der Waals surface area contributed by atoms with Crippen LogP contribution in [0.3, 0.4) is 0 Å². The quantitative estimate of drug-likeness (QED) is 0.690. The Bertz CT molecular complexity index is 795. The highest BCUT2D eigenvalue weighted by molar-refractivity contribution is 9.10. The fourth-order valence-electron chi connectivity index (χ4n) is 2.26. The van der Waals surface area contributed by atoms with Crippen LogP contribution < -0.4 is 4.90 Å². The second-order valence-corrected chi connectivity index (χ2v) is 6.21. The van der Waals surface area contributed by atoms with Crippen LogP contribution in [0.2, 0.25) is 0 Å². The Labute approximate surface area is 132 Å². The maximum Gasteiger partial charge on any atom is 0.162 e. The Morgan fingerprint density at radius 2 is 1.67 bits per heavy atom. The summed E-state index contributed by atoms with van der Waals surface area (Å²) >= 11 is 3.51. The van der Waals surface area contributed by atoms with Crippen LogP contribution in [0.15, 0.2) is 46.9 Å². The third kappa shape index (κ3) is 2.76. The first-order chi connectivity index (χ1) is 10.0. The first kappa shape index (κ1) is 14.0. The van der Waals surface area contributed by atoms with Crippen molar-refractivity contribution in [3.05, 3.63) is 52.5 Å². The van der Waals surface area contributed by atoms with Gasteiger partial charge in [0.1, 0.15) is 5.82 Å². The highest BCUT2D eigenvalue weighted by atomic mass is 79.9. The number of hydrogen-bond donors (Lipinski definition) is 0. The van der Waals surface area contributed by atoms with Crippen molar-refractivity contribution in [3.63, 3.8) is 0 Å². The van der Waals surface area contributed by atoms with Gasteiger partial charge in [-0.05, 0) is 25.1 Å². The van der Waals surface area contributed by atoms with E-state index in [2.05, 4.69) is 53.2 Å². The van der Waals surface area contributed by atoms with Gasteiger partial charge in [-0.15, -0.1) is 0 Å². The normalized spacial score (nSPS) is 10.9. The Morgan fingerprint density at radius 1 is 0.952 bits per heavy atom. The average Bonchev–Trinajstić information content (AvgIpc) is 2.46. The van der Waals surface area contributed by atoms with E-state index in [-0.39, 0.29) is 0 Å². The van der Waals surface area contributed by atoms with E-state index in [1.165, 1.54) is 5.56 Å². The van der Waals surface area contributed by atoms with Gasteiger partial charge in [-0.1, -0.05) is 45.8 Å². The molecule has 3 aromatic rings. The molecule has 0 unspecified atom stereocenters. The maximum atomic E-state index is 4.74. The van der Waals surface area contributed by atoms with Crippen LogP contribution in [-0.2, 0) is 0 Å². The second kappa shape index (κ2) is 5.45. The molecule has 0 aliphatic rings. The van der Waals surface area contributed by atoms with Gasteiger partial charge < -0.3 is 4.90 Å². The van der Waals surface area contributed by atoms with E-state index in [1.807, 2.05) is 31.1 Å². The minimum atomic E-state index is 0.758. The van der Waals surface area contributed by atoms with Gasteiger partial charge in [0.2, 0.25) is 0 Å². The summed E-state index contributed by atoms with van der Waals surface area (Å²) in [4.78, 5) is 11.5. The lowest BCUT2D eigenvalue weighted by Gasteiger charge is -2.15. The predicted octanol–water partition coefficient (Wildman–Crippen LogP) is 4.43. The van der Waals surface area contributed by atoms with Crippen molar-refractivity contribution in [3.8, 4) is 11.4 Å². The summed E-state index contributed by atoms with van der Waals surface area (Å²) in [6, 6.07) is 14.4. The van der Waals surface area contributed by atoms with Crippen molar-refractivity contribution in [2.75, 3.05) is 19.0 Å². The average molecular weight is 342 g/mol. The van der Waals surface area contributed by atoms with Crippen LogP contribution in [-0.4, -0.2) is 24.1 Å². The molecular weight excluding hydrogens is 326 g/mol. The van der Waals surface area contributed by atoms with Gasteiger partial charge in [-0.2, -0.15) is 0 Å². The first-order valence-corrected chi connectivity index (χ1v) is 7.55. The molecule has 0 radical (unpaired) electrons. The summed E-state index contributed by atoms with van der Waals surface area (Å²) < 4.78 is 1.03. The topological polar surface area (TPSA) is 29.0 Å². The molecule has 106 valence electrons. The van der Waals surface area contributed by atoms with Crippen LogP contribution in [0.1, 0.15) is 5.56 Å². The van der Waals surface area contributed by atoms with Crippen LogP contribution in [0.5, 0.6) is 0 Å². The molecule has 0 spiro atoms. The van der Waals surface area contributed by atoms with E-state index >= 15 is 0 Å². The summed E-state index contributed by atoms with van der Waals surface area (Å²) in [6.07, 6.45) is 0. The van der Waals surface area contributed by atoms with Crippen molar-refractivity contribution in [1.29, 1.82) is 0 Å². The highest BCUT2D eigenvalue weighted by Gasteiger charge is 2.11. The number of anilines is 1. The third-order valence-corrected chi connectivity index (χ3v) is 3.86. The first-order valence-electron chi connectivity index (χ1n) is 6.76. The van der Waals surface area contributed by atoms with Crippen LogP contribution in [0.4, 0.5) is 5.82 Å². The standard InChI is InChI=1S/C17H16BrN3/c1-11-4-6-12(7-5-11)16-19-15-9-8-13(18)10-14(15)17(20-16)21(2)3/h4-10H,1-3H3. The molecule has 3 rings (SSSR count). The monoisotopic (exact) mass is 341 g/mol. The molecule has 1 aromatic heterocycles. The zero-order valence-electron chi connectivity index (χ0n) is 12.3. The zero-order chi connectivity index (χ0) is 15.0. The van der Waals surface area contributed by atoms with Gasteiger partial charge in [0.15, 0.2) is 5.82 Å². The van der Waals surface area contributed by atoms with Crippen molar-refractivity contribution >= 4 is 32.7 Å². The number of halogens is 1. The lowest BCUT2D eigenvalue weighted by Crippen LogP contribution is -2.12. The zero-order valence-corrected chi connectivity index (χ0v) is 13.8. The number of fused-ring (bicyclic) bond motifs is 1. The molecule has 0 fully saturated rings. The largest absolute Gasteiger partial charge is 0.362 e. The number of nitrogens with zero attached hydrogens (tertiary/aromatic N) is 3. The van der Waals surface area contributed by atoms with Crippen molar-refractivity contribution < 1.29 is 0 Å². The van der Waals surface area contributed by atoms with E-state index in [0.29, 0.717) is 0 Å². The number of aryl methyl sites for hydroxylation is 1. The number of hydrogen-bond acceptors (Lipinski definition) is 3. The molecule has 0 atom stereocenters. The molecule has 21 heavy (non-hydrogen) atoms. The SMILES string of the molecule is Cc1ccc(-c2nc(N(C)C)c3cc(Br)ccc3n2)cc1. The highest BCUT2D eigenvalue weighted by Crippen LogP contribution is 2.28. The molecule has 0 saturated heterocycles. The molecule has 1 heterocycles. The Balaban J connectivity index is 2.25. The number of aromatic nitrogens is 2. The van der Waals surface area contributed by atoms with E-state index in [9.17, 15) is 0 Å². The number of benzene rings is 2. The van der Waals surface area contributed by atoms with E-state index in [0.717, 1.165) is 32.6 Å². The molecule has 0 saturated carbocycles. The molecule has 0 aliphatic heterocycles. The molecule has 3 nitrogen and oxygen atoms in total. The minimum Gasteiger partial charge on any atom is -0.362 e. The van der Waals surface area contributed by atoms with Crippen molar-refractivity contribution in [1.82, 2.24) is 9.97 Å². The Kier molecular flexibility index (Phi) is 3.64. The van der Waals surface area contributed by atoms with Gasteiger partial charge in [-0.25, -0.2) is 9.97 Å². The third-order valence-electron chi connectivity index (χ3n) is 3.37. The molecule has 2 aromatic carbocycles. The van der Waals surface area contributed by atoms with E-state index in [1.54, 1.807) is 0 Å². The van der Waals surface area contributed by atoms with Gasteiger partial charge in [-0.3, -0.25) is 0 Å². The van der Waals surface area contributed by atoms with E-state index < -0.39 is 0 Å². The summed E-state index contributed by atoms with van der Waals surface area (Å²) in [7, 11) is 4.00. The lowest BCUT2D eigenvalue weighted by molar-refractivity contribution is 1.07. The molecule has 0 N–H and O–H groups in total. The lowest BCUT2D eigenvalue weighted by atomic mass is 10.1. The molecule has 0 aliphatic carbocycles. The van der Waals surface area contributed by atoms with Gasteiger partial charge in [0, 0.05) is 29.5 Å². The molecular formula is C17H16BrN3. The van der Waals surface area contributed by atoms with Crippen molar-refractivity contribution in [2.45, 2.75) is 6.92 Å².